The van der Waals surface area contributed by atoms with Gasteiger partial charge in [0.1, 0.15) is 23.5 Å². The number of nitrogens with zero attached hydrogens (tertiary/aromatic N) is 3. The Balaban J connectivity index is 1.52. The molecule has 3 aliphatic rings. The molecule has 202 valence electrons. The van der Waals surface area contributed by atoms with Crippen LogP contribution in [0.2, 0.25) is 0 Å². The lowest BCUT2D eigenvalue weighted by Gasteiger charge is -2.49. The van der Waals surface area contributed by atoms with E-state index in [-0.39, 0.29) is 35.0 Å². The molecule has 38 heavy (non-hydrogen) atoms. The summed E-state index contributed by atoms with van der Waals surface area (Å²) in [6.07, 6.45) is 4.29. The van der Waals surface area contributed by atoms with Gasteiger partial charge in [-0.3, -0.25) is 4.79 Å². The molecule has 2 heterocycles. The highest BCUT2D eigenvalue weighted by Crippen LogP contribution is 2.53. The maximum atomic E-state index is 12.9. The third-order valence-electron chi connectivity index (χ3n) is 8.87. The summed E-state index contributed by atoms with van der Waals surface area (Å²) in [6.45, 7) is 11.0. The highest BCUT2D eigenvalue weighted by molar-refractivity contribution is 5.96. The summed E-state index contributed by atoms with van der Waals surface area (Å²) in [4.78, 5) is 49.7. The minimum Gasteiger partial charge on any atom is -0.444 e. The number of aromatic nitrogens is 2. The Bertz CT molecular complexity index is 1230. The zero-order chi connectivity index (χ0) is 27.2. The third kappa shape index (κ3) is 4.76. The molecule has 4 atom stereocenters. The van der Waals surface area contributed by atoms with Gasteiger partial charge in [0.15, 0.2) is 0 Å². The Labute approximate surface area is 225 Å². The van der Waals surface area contributed by atoms with Crippen molar-refractivity contribution in [3.63, 3.8) is 0 Å². The van der Waals surface area contributed by atoms with E-state index < -0.39 is 11.5 Å². The molecule has 5 rings (SSSR count). The zero-order valence-electron chi connectivity index (χ0n) is 23.2. The summed E-state index contributed by atoms with van der Waals surface area (Å²) < 4.78 is 5.58. The summed E-state index contributed by atoms with van der Waals surface area (Å²) in [5, 5.41) is 0. The molecule has 0 bridgehead atoms. The molecule has 7 nitrogen and oxygen atoms in total. The lowest BCUT2D eigenvalue weighted by atomic mass is 9.54. The molecular formula is C31H39N3O4. The maximum Gasteiger partial charge on any atom is 0.410 e. The lowest BCUT2D eigenvalue weighted by Crippen LogP contribution is -2.51. The van der Waals surface area contributed by atoms with E-state index in [0.29, 0.717) is 19.5 Å². The first-order valence-electron chi connectivity index (χ1n) is 14.0. The zero-order valence-corrected chi connectivity index (χ0v) is 23.2. The Kier molecular flexibility index (Phi) is 6.91. The average Bonchev–Trinajstić information content (AvgIpc) is 2.90. The number of aldehydes is 1. The Hall–Kier alpha value is -3.09. The van der Waals surface area contributed by atoms with Crippen LogP contribution in [0.1, 0.15) is 83.3 Å². The second-order valence-electron chi connectivity index (χ2n) is 12.6. The second kappa shape index (κ2) is 9.90. The monoisotopic (exact) mass is 517 g/mol. The number of carbonyl (C=O) groups is 3. The van der Waals surface area contributed by atoms with E-state index in [4.69, 9.17) is 14.7 Å². The molecule has 1 aliphatic heterocycles. The van der Waals surface area contributed by atoms with Crippen LogP contribution in [0.3, 0.4) is 0 Å². The predicted octanol–water partition coefficient (Wildman–Crippen LogP) is 5.50. The van der Waals surface area contributed by atoms with Gasteiger partial charge in [0.05, 0.1) is 17.3 Å². The predicted molar refractivity (Wildman–Crippen MR) is 145 cm³/mol. The first-order chi connectivity index (χ1) is 18.0. The SMILES string of the molecule is C[C@H]1C(=O)C(C=O)C[C@@]2(C)c3nc(C4CCN(C(=O)OC(C)(C)C)CC4)nc(-c4ccccc4)c3CC[C@H]12. The van der Waals surface area contributed by atoms with E-state index >= 15 is 0 Å². The van der Waals surface area contributed by atoms with Crippen LogP contribution in [0, 0.1) is 17.8 Å². The van der Waals surface area contributed by atoms with Crippen LogP contribution >= 0.6 is 0 Å². The number of hydrogen-bond acceptors (Lipinski definition) is 6. The number of rotatable bonds is 3. The van der Waals surface area contributed by atoms with Crippen LogP contribution in [-0.4, -0.2) is 51.7 Å². The second-order valence-corrected chi connectivity index (χ2v) is 12.6. The maximum absolute atomic E-state index is 12.9. The van der Waals surface area contributed by atoms with E-state index in [1.165, 1.54) is 0 Å². The number of amides is 1. The molecule has 0 N–H and O–H groups in total. The first-order valence-corrected chi connectivity index (χ1v) is 14.0. The van der Waals surface area contributed by atoms with E-state index in [9.17, 15) is 14.4 Å². The summed E-state index contributed by atoms with van der Waals surface area (Å²) in [6, 6.07) is 10.2. The van der Waals surface area contributed by atoms with Gasteiger partial charge < -0.3 is 14.4 Å². The van der Waals surface area contributed by atoms with Crippen molar-refractivity contribution in [1.29, 1.82) is 0 Å². The van der Waals surface area contributed by atoms with Crippen LogP contribution in [0.4, 0.5) is 4.79 Å². The van der Waals surface area contributed by atoms with Crippen molar-refractivity contribution in [3.8, 4) is 11.3 Å². The third-order valence-corrected chi connectivity index (χ3v) is 8.87. The van der Waals surface area contributed by atoms with Gasteiger partial charge in [-0.2, -0.15) is 0 Å². The largest absolute Gasteiger partial charge is 0.444 e. The smallest absolute Gasteiger partial charge is 0.410 e. The molecular weight excluding hydrogens is 478 g/mol. The summed E-state index contributed by atoms with van der Waals surface area (Å²) in [7, 11) is 0. The lowest BCUT2D eigenvalue weighted by molar-refractivity contribution is -0.137. The fourth-order valence-corrected chi connectivity index (χ4v) is 6.93. The topological polar surface area (TPSA) is 89.5 Å². The van der Waals surface area contributed by atoms with Crippen molar-refractivity contribution in [2.75, 3.05) is 13.1 Å². The standard InChI is InChI=1S/C31H39N3O4/c1-19-24-12-11-23-25(20-9-7-6-8-10-20)32-28(33-27(23)31(24,5)17-22(18-35)26(19)36)21-13-15-34(16-14-21)29(37)38-30(2,3)4/h6-10,18-19,21-22,24H,11-17H2,1-5H3/t19-,22?,24-,31-/m1/s1. The molecule has 2 fully saturated rings. The van der Waals surface area contributed by atoms with Crippen molar-refractivity contribution in [3.05, 3.63) is 47.4 Å². The molecule has 1 aromatic carbocycles. The normalized spacial score (nSPS) is 27.9. The number of ether oxygens (including phenoxy) is 1. The number of hydrogen-bond donors (Lipinski definition) is 0. The van der Waals surface area contributed by atoms with Crippen molar-refractivity contribution < 1.29 is 19.1 Å². The highest BCUT2D eigenvalue weighted by Gasteiger charge is 2.53. The number of carbonyl (C=O) groups excluding carboxylic acids is 3. The molecule has 1 saturated heterocycles. The van der Waals surface area contributed by atoms with Crippen LogP contribution < -0.4 is 0 Å². The quantitative estimate of drug-likeness (QED) is 0.394. The molecule has 1 unspecified atom stereocenters. The van der Waals surface area contributed by atoms with Crippen molar-refractivity contribution in [1.82, 2.24) is 14.9 Å². The van der Waals surface area contributed by atoms with Crippen LogP contribution in [0.5, 0.6) is 0 Å². The first kappa shape index (κ1) is 26.5. The summed E-state index contributed by atoms with van der Waals surface area (Å²) in [5.74, 6) is 0.383. The number of benzene rings is 1. The highest BCUT2D eigenvalue weighted by atomic mass is 16.6. The van der Waals surface area contributed by atoms with Crippen molar-refractivity contribution in [2.24, 2.45) is 17.8 Å². The van der Waals surface area contributed by atoms with Gasteiger partial charge in [0, 0.05) is 41.5 Å². The van der Waals surface area contributed by atoms with Gasteiger partial charge in [-0.1, -0.05) is 44.2 Å². The fraction of sp³-hybridized carbons (Fsp3) is 0.581. The Morgan fingerprint density at radius 1 is 1.11 bits per heavy atom. The average molecular weight is 518 g/mol. The van der Waals surface area contributed by atoms with Crippen molar-refractivity contribution in [2.45, 2.75) is 83.7 Å². The van der Waals surface area contributed by atoms with Crippen molar-refractivity contribution >= 4 is 18.2 Å². The molecule has 0 radical (unpaired) electrons. The molecule has 7 heteroatoms. The molecule has 1 saturated carbocycles. The summed E-state index contributed by atoms with van der Waals surface area (Å²) in [5.41, 5.74) is 3.29. The molecule has 1 aromatic heterocycles. The number of piperidine rings is 1. The molecule has 2 aromatic rings. The van der Waals surface area contributed by atoms with E-state index in [2.05, 4.69) is 19.1 Å². The van der Waals surface area contributed by atoms with Gasteiger partial charge >= 0.3 is 6.09 Å². The fourth-order valence-electron chi connectivity index (χ4n) is 6.93. The van der Waals surface area contributed by atoms with E-state index in [0.717, 1.165) is 60.3 Å². The van der Waals surface area contributed by atoms with Crippen LogP contribution in [0.25, 0.3) is 11.3 Å². The van der Waals surface area contributed by atoms with Gasteiger partial charge in [-0.25, -0.2) is 14.8 Å². The van der Waals surface area contributed by atoms with Gasteiger partial charge in [-0.05, 0) is 58.8 Å². The minimum absolute atomic E-state index is 0.0676. The van der Waals surface area contributed by atoms with Gasteiger partial charge in [0.2, 0.25) is 0 Å². The van der Waals surface area contributed by atoms with Gasteiger partial charge in [-0.15, -0.1) is 0 Å². The Morgan fingerprint density at radius 2 is 1.79 bits per heavy atom. The Morgan fingerprint density at radius 3 is 2.42 bits per heavy atom. The van der Waals surface area contributed by atoms with Crippen LogP contribution in [-0.2, 0) is 26.2 Å². The molecule has 2 aliphatic carbocycles. The number of fused-ring (bicyclic) bond motifs is 3. The van der Waals surface area contributed by atoms with E-state index in [1.54, 1.807) is 4.90 Å². The van der Waals surface area contributed by atoms with Gasteiger partial charge in [0.25, 0.3) is 0 Å². The van der Waals surface area contributed by atoms with E-state index in [1.807, 2.05) is 45.9 Å². The molecule has 1 amide bonds. The number of likely N-dealkylation sites (tertiary alicyclic amines) is 1. The number of ketones is 1. The minimum atomic E-state index is -0.590. The molecule has 0 spiro atoms. The van der Waals surface area contributed by atoms with Crippen LogP contribution in [0.15, 0.2) is 30.3 Å². The number of Topliss-reactive ketones (excluding diaryl/α,β-unsaturated/α-hetero) is 1. The summed E-state index contributed by atoms with van der Waals surface area (Å²) >= 11 is 0.